The number of nitrogens with zero attached hydrogens (tertiary/aromatic N) is 3. The van der Waals surface area contributed by atoms with Crippen LogP contribution in [0.4, 0.5) is 0 Å². The number of nitrogens with one attached hydrogen (secondary N) is 1. The van der Waals surface area contributed by atoms with Gasteiger partial charge in [0.05, 0.1) is 6.54 Å². The van der Waals surface area contributed by atoms with Gasteiger partial charge in [-0.25, -0.2) is 4.98 Å². The lowest BCUT2D eigenvalue weighted by molar-refractivity contribution is -0.147. The van der Waals surface area contributed by atoms with Crippen LogP contribution in [-0.2, 0) is 23.2 Å². The predicted molar refractivity (Wildman–Crippen MR) is 77.1 cm³/mol. The molecule has 1 aromatic heterocycles. The molecule has 1 aliphatic heterocycles. The third-order valence-corrected chi connectivity index (χ3v) is 4.60. The van der Waals surface area contributed by atoms with Crippen LogP contribution < -0.4 is 5.32 Å². The van der Waals surface area contributed by atoms with E-state index in [1.807, 2.05) is 17.8 Å². The molecule has 2 heterocycles. The van der Waals surface area contributed by atoms with Crippen LogP contribution in [0.1, 0.15) is 37.9 Å². The lowest BCUT2D eigenvalue weighted by Gasteiger charge is -2.37. The summed E-state index contributed by atoms with van der Waals surface area (Å²) in [6, 6.07) is -0.341. The molecule has 6 nitrogen and oxygen atoms in total. The number of imidazole rings is 1. The van der Waals surface area contributed by atoms with Gasteiger partial charge < -0.3 is 14.8 Å². The number of carbonyl (C=O) groups excluding carboxylic acids is 2. The maximum Gasteiger partial charge on any atom is 0.246 e. The highest BCUT2D eigenvalue weighted by molar-refractivity contribution is 5.95. The van der Waals surface area contributed by atoms with Crippen LogP contribution in [-0.4, -0.2) is 38.9 Å². The van der Waals surface area contributed by atoms with Gasteiger partial charge in [-0.15, -0.1) is 0 Å². The lowest BCUT2D eigenvalue weighted by Crippen LogP contribution is -2.60. The van der Waals surface area contributed by atoms with E-state index in [9.17, 15) is 9.59 Å². The average Bonchev–Trinajstić information content (AvgIpc) is 2.89. The second-order valence-corrected chi connectivity index (χ2v) is 6.09. The van der Waals surface area contributed by atoms with Gasteiger partial charge in [-0.2, -0.15) is 0 Å². The Kier molecular flexibility index (Phi) is 3.94. The summed E-state index contributed by atoms with van der Waals surface area (Å²) in [4.78, 5) is 30.5. The SMILES string of the molecule is Cn1ccnc1CN1CC(=O)NC(C2CCCCC2)C1=O. The molecular formula is C15H22N4O2. The molecule has 0 bridgehead atoms. The average molecular weight is 290 g/mol. The van der Waals surface area contributed by atoms with E-state index in [0.717, 1.165) is 31.5 Å². The van der Waals surface area contributed by atoms with Crippen LogP contribution in [0.15, 0.2) is 12.4 Å². The third-order valence-electron chi connectivity index (χ3n) is 4.60. The first-order chi connectivity index (χ1) is 10.1. The molecule has 1 saturated heterocycles. The number of amides is 2. The Labute approximate surface area is 124 Å². The van der Waals surface area contributed by atoms with Crippen LogP contribution in [0, 0.1) is 5.92 Å². The quantitative estimate of drug-likeness (QED) is 0.896. The van der Waals surface area contributed by atoms with Gasteiger partial charge >= 0.3 is 0 Å². The van der Waals surface area contributed by atoms with Gasteiger partial charge in [-0.3, -0.25) is 9.59 Å². The number of hydrogen-bond acceptors (Lipinski definition) is 3. The molecule has 114 valence electrons. The molecule has 1 aromatic rings. The molecule has 1 unspecified atom stereocenters. The molecule has 1 atom stereocenters. The van der Waals surface area contributed by atoms with Gasteiger partial charge in [0, 0.05) is 19.4 Å². The Morgan fingerprint density at radius 1 is 1.29 bits per heavy atom. The van der Waals surface area contributed by atoms with Crippen molar-refractivity contribution in [3.05, 3.63) is 18.2 Å². The standard InChI is InChI=1S/C15H22N4O2/c1-18-8-7-16-12(18)9-19-10-13(20)17-14(15(19)21)11-5-3-2-4-6-11/h7-8,11,14H,2-6,9-10H2,1H3,(H,17,20). The Morgan fingerprint density at radius 2 is 2.05 bits per heavy atom. The van der Waals surface area contributed by atoms with E-state index < -0.39 is 0 Å². The van der Waals surface area contributed by atoms with Crippen molar-refractivity contribution in [1.29, 1.82) is 0 Å². The summed E-state index contributed by atoms with van der Waals surface area (Å²) < 4.78 is 1.88. The van der Waals surface area contributed by atoms with Crippen LogP contribution in [0.5, 0.6) is 0 Å². The normalized spacial score (nSPS) is 24.2. The minimum atomic E-state index is -0.341. The zero-order valence-corrected chi connectivity index (χ0v) is 12.4. The van der Waals surface area contributed by atoms with Crippen LogP contribution in [0.3, 0.4) is 0 Å². The minimum absolute atomic E-state index is 0.0458. The molecule has 0 spiro atoms. The minimum Gasteiger partial charge on any atom is -0.342 e. The Balaban J connectivity index is 1.73. The van der Waals surface area contributed by atoms with Crippen molar-refractivity contribution in [2.24, 2.45) is 13.0 Å². The van der Waals surface area contributed by atoms with Crippen LogP contribution in [0.25, 0.3) is 0 Å². The van der Waals surface area contributed by atoms with Gasteiger partial charge in [0.25, 0.3) is 0 Å². The van der Waals surface area contributed by atoms with Gasteiger partial charge in [0.2, 0.25) is 11.8 Å². The summed E-state index contributed by atoms with van der Waals surface area (Å²) in [6.07, 6.45) is 9.18. The fourth-order valence-corrected chi connectivity index (χ4v) is 3.37. The van der Waals surface area contributed by atoms with Crippen LogP contribution in [0.2, 0.25) is 0 Å². The largest absolute Gasteiger partial charge is 0.342 e. The Bertz CT molecular complexity index is 534. The second kappa shape index (κ2) is 5.87. The van der Waals surface area contributed by atoms with Crippen LogP contribution >= 0.6 is 0 Å². The molecule has 21 heavy (non-hydrogen) atoms. The topological polar surface area (TPSA) is 67.2 Å². The smallest absolute Gasteiger partial charge is 0.246 e. The maximum atomic E-state index is 12.7. The molecule has 2 fully saturated rings. The second-order valence-electron chi connectivity index (χ2n) is 6.09. The van der Waals surface area contributed by atoms with Crippen molar-refractivity contribution < 1.29 is 9.59 Å². The number of piperazine rings is 1. The molecule has 2 amide bonds. The number of aromatic nitrogens is 2. The van der Waals surface area contributed by atoms with Gasteiger partial charge in [-0.05, 0) is 18.8 Å². The van der Waals surface area contributed by atoms with E-state index in [1.54, 1.807) is 11.1 Å². The zero-order chi connectivity index (χ0) is 14.8. The molecule has 2 aliphatic rings. The summed E-state index contributed by atoms with van der Waals surface area (Å²) in [5.74, 6) is 1.09. The summed E-state index contributed by atoms with van der Waals surface area (Å²) in [7, 11) is 1.90. The monoisotopic (exact) mass is 290 g/mol. The number of aryl methyl sites for hydroxylation is 1. The van der Waals surface area contributed by atoms with E-state index in [1.165, 1.54) is 6.42 Å². The summed E-state index contributed by atoms with van der Waals surface area (Å²) in [6.45, 7) is 0.536. The van der Waals surface area contributed by atoms with Crippen molar-refractivity contribution in [2.75, 3.05) is 6.54 Å². The summed E-state index contributed by atoms with van der Waals surface area (Å²) in [5, 5.41) is 2.90. The van der Waals surface area contributed by atoms with Crippen molar-refractivity contribution in [1.82, 2.24) is 19.8 Å². The van der Waals surface area contributed by atoms with Gasteiger partial charge in [0.1, 0.15) is 18.4 Å². The van der Waals surface area contributed by atoms with E-state index >= 15 is 0 Å². The molecule has 1 N–H and O–H groups in total. The highest BCUT2D eigenvalue weighted by Crippen LogP contribution is 2.28. The van der Waals surface area contributed by atoms with Gasteiger partial charge in [0.15, 0.2) is 0 Å². The van der Waals surface area contributed by atoms with E-state index in [2.05, 4.69) is 10.3 Å². The number of rotatable bonds is 3. The molecule has 6 heteroatoms. The fourth-order valence-electron chi connectivity index (χ4n) is 3.37. The molecular weight excluding hydrogens is 268 g/mol. The van der Waals surface area contributed by atoms with E-state index in [-0.39, 0.29) is 24.4 Å². The highest BCUT2D eigenvalue weighted by Gasteiger charge is 2.38. The van der Waals surface area contributed by atoms with Gasteiger partial charge in [-0.1, -0.05) is 19.3 Å². The first-order valence-electron chi connectivity index (χ1n) is 7.69. The fraction of sp³-hybridized carbons (Fsp3) is 0.667. The van der Waals surface area contributed by atoms with Crippen molar-refractivity contribution in [3.8, 4) is 0 Å². The summed E-state index contributed by atoms with van der Waals surface area (Å²) in [5.41, 5.74) is 0. The number of hydrogen-bond donors (Lipinski definition) is 1. The summed E-state index contributed by atoms with van der Waals surface area (Å²) >= 11 is 0. The van der Waals surface area contributed by atoms with Crippen molar-refractivity contribution in [3.63, 3.8) is 0 Å². The molecule has 3 rings (SSSR count). The predicted octanol–water partition coefficient (Wildman–Crippen LogP) is 0.827. The zero-order valence-electron chi connectivity index (χ0n) is 12.4. The maximum absolute atomic E-state index is 12.7. The first-order valence-corrected chi connectivity index (χ1v) is 7.69. The molecule has 0 radical (unpaired) electrons. The Morgan fingerprint density at radius 3 is 2.71 bits per heavy atom. The highest BCUT2D eigenvalue weighted by atomic mass is 16.2. The molecule has 1 saturated carbocycles. The third kappa shape index (κ3) is 2.94. The first kappa shape index (κ1) is 14.1. The lowest BCUT2D eigenvalue weighted by atomic mass is 9.82. The van der Waals surface area contributed by atoms with Crippen molar-refractivity contribution >= 4 is 11.8 Å². The van der Waals surface area contributed by atoms with E-state index in [4.69, 9.17) is 0 Å². The van der Waals surface area contributed by atoms with Crippen molar-refractivity contribution in [2.45, 2.75) is 44.7 Å². The Hall–Kier alpha value is -1.85. The number of carbonyl (C=O) groups is 2. The molecule has 0 aromatic carbocycles. The molecule has 1 aliphatic carbocycles. The van der Waals surface area contributed by atoms with E-state index in [0.29, 0.717) is 12.5 Å².